The summed E-state index contributed by atoms with van der Waals surface area (Å²) in [5.41, 5.74) is 4.99. The Morgan fingerprint density at radius 3 is 2.65 bits per heavy atom. The molecule has 2 nitrogen and oxygen atoms in total. The summed E-state index contributed by atoms with van der Waals surface area (Å²) < 4.78 is 2.90. The van der Waals surface area contributed by atoms with Gasteiger partial charge in [-0.15, -0.1) is 0 Å². The summed E-state index contributed by atoms with van der Waals surface area (Å²) in [4.78, 5) is 0. The Morgan fingerprint density at radius 2 is 2.00 bits per heavy atom. The summed E-state index contributed by atoms with van der Waals surface area (Å²) >= 11 is 5.43. The van der Waals surface area contributed by atoms with Crippen LogP contribution in [0.25, 0.3) is 5.69 Å². The van der Waals surface area contributed by atoms with Crippen molar-refractivity contribution in [3.8, 4) is 5.69 Å². The monoisotopic (exact) mass is 244 g/mol. The highest BCUT2D eigenvalue weighted by molar-refractivity contribution is 7.71. The minimum Gasteiger partial charge on any atom is -0.297 e. The average Bonchev–Trinajstić information content (AvgIpc) is 3.04. The number of rotatable bonds is 2. The average molecular weight is 244 g/mol. The van der Waals surface area contributed by atoms with E-state index in [4.69, 9.17) is 12.2 Å². The highest BCUT2D eigenvalue weighted by Crippen LogP contribution is 2.39. The van der Waals surface area contributed by atoms with Crippen molar-refractivity contribution >= 4 is 12.2 Å². The van der Waals surface area contributed by atoms with Gasteiger partial charge in [-0.2, -0.15) is 0 Å². The summed E-state index contributed by atoms with van der Waals surface area (Å²) in [7, 11) is 0. The number of benzene rings is 1. The van der Waals surface area contributed by atoms with Crippen LogP contribution < -0.4 is 0 Å². The molecule has 0 spiro atoms. The molecule has 1 fully saturated rings. The van der Waals surface area contributed by atoms with Gasteiger partial charge in [0.05, 0.1) is 5.69 Å². The number of aromatic nitrogens is 2. The van der Waals surface area contributed by atoms with E-state index in [1.54, 1.807) is 0 Å². The van der Waals surface area contributed by atoms with Gasteiger partial charge in [-0.25, -0.2) is 4.68 Å². The summed E-state index contributed by atoms with van der Waals surface area (Å²) in [5.74, 6) is 0.712. The van der Waals surface area contributed by atoms with E-state index in [1.165, 1.54) is 29.7 Å². The van der Waals surface area contributed by atoms with Crippen molar-refractivity contribution in [2.45, 2.75) is 32.6 Å². The Balaban J connectivity index is 2.11. The van der Waals surface area contributed by atoms with Gasteiger partial charge in [0.2, 0.25) is 0 Å². The van der Waals surface area contributed by atoms with Gasteiger partial charge in [0.1, 0.15) is 4.64 Å². The van der Waals surface area contributed by atoms with Crippen LogP contribution in [0.2, 0.25) is 0 Å². The van der Waals surface area contributed by atoms with E-state index in [9.17, 15) is 0 Å². The number of hydrogen-bond donors (Lipinski definition) is 1. The molecular weight excluding hydrogens is 228 g/mol. The van der Waals surface area contributed by atoms with Gasteiger partial charge in [0.15, 0.2) is 0 Å². The fourth-order valence-corrected chi connectivity index (χ4v) is 2.52. The molecule has 0 aliphatic heterocycles. The molecule has 0 unspecified atom stereocenters. The van der Waals surface area contributed by atoms with Crippen molar-refractivity contribution in [1.82, 2.24) is 9.78 Å². The lowest BCUT2D eigenvalue weighted by Crippen LogP contribution is -2.00. The first-order valence-electron chi connectivity index (χ1n) is 6.05. The quantitative estimate of drug-likeness (QED) is 0.791. The van der Waals surface area contributed by atoms with Crippen LogP contribution >= 0.6 is 12.2 Å². The van der Waals surface area contributed by atoms with E-state index >= 15 is 0 Å². The van der Waals surface area contributed by atoms with E-state index in [0.29, 0.717) is 5.92 Å². The molecule has 3 rings (SSSR count). The predicted octanol–water partition coefficient (Wildman–Crippen LogP) is 4.03. The summed E-state index contributed by atoms with van der Waals surface area (Å²) in [6, 6.07) is 8.55. The van der Waals surface area contributed by atoms with Gasteiger partial charge < -0.3 is 0 Å². The number of aryl methyl sites for hydroxylation is 2. The lowest BCUT2D eigenvalue weighted by atomic mass is 10.1. The zero-order valence-corrected chi connectivity index (χ0v) is 11.0. The number of H-pyrrole nitrogens is 1. The molecule has 0 amide bonds. The highest BCUT2D eigenvalue weighted by atomic mass is 32.1. The number of aromatic amines is 1. The molecule has 2 aromatic rings. The third kappa shape index (κ3) is 1.95. The van der Waals surface area contributed by atoms with Crippen LogP contribution in [0.3, 0.4) is 0 Å². The number of hydrogen-bond acceptors (Lipinski definition) is 1. The Labute approximate surface area is 106 Å². The fraction of sp³-hybridized carbons (Fsp3) is 0.357. The van der Waals surface area contributed by atoms with Crippen molar-refractivity contribution in [1.29, 1.82) is 0 Å². The maximum Gasteiger partial charge on any atom is 0.127 e. The first kappa shape index (κ1) is 10.8. The zero-order chi connectivity index (χ0) is 12.0. The molecule has 1 aromatic carbocycles. The molecule has 0 radical (unpaired) electrons. The largest absolute Gasteiger partial charge is 0.297 e. The molecule has 0 bridgehead atoms. The predicted molar refractivity (Wildman–Crippen MR) is 72.4 cm³/mol. The van der Waals surface area contributed by atoms with Gasteiger partial charge >= 0.3 is 0 Å². The lowest BCUT2D eigenvalue weighted by Gasteiger charge is -2.08. The summed E-state index contributed by atoms with van der Waals surface area (Å²) in [6.45, 7) is 4.24. The molecule has 1 aliphatic carbocycles. The second kappa shape index (κ2) is 3.84. The molecule has 0 atom stereocenters. The molecule has 17 heavy (non-hydrogen) atoms. The second-order valence-electron chi connectivity index (χ2n) is 4.95. The standard InChI is InChI=1S/C14H16N2S/c1-9-3-6-13(10(2)7-9)16-14(17)8-12(15-16)11-4-5-11/h3,6-8,11,15H,4-5H2,1-2H3. The molecule has 1 aromatic heterocycles. The normalized spacial score (nSPS) is 15.2. The molecule has 1 heterocycles. The van der Waals surface area contributed by atoms with Crippen LogP contribution in [0.5, 0.6) is 0 Å². The van der Waals surface area contributed by atoms with Gasteiger partial charge in [-0.3, -0.25) is 5.10 Å². The third-order valence-corrected chi connectivity index (χ3v) is 3.65. The molecular formula is C14H16N2S. The smallest absolute Gasteiger partial charge is 0.127 e. The van der Waals surface area contributed by atoms with Crippen molar-refractivity contribution in [2.24, 2.45) is 0 Å². The van der Waals surface area contributed by atoms with E-state index in [2.05, 4.69) is 43.2 Å². The Kier molecular flexibility index (Phi) is 2.44. The van der Waals surface area contributed by atoms with Crippen LogP contribution in [-0.4, -0.2) is 9.78 Å². The maximum atomic E-state index is 5.43. The summed E-state index contributed by atoms with van der Waals surface area (Å²) in [6.07, 6.45) is 2.59. The van der Waals surface area contributed by atoms with E-state index in [-0.39, 0.29) is 0 Å². The first-order chi connectivity index (χ1) is 8.15. The Bertz CT molecular complexity index is 617. The minimum atomic E-state index is 0.712. The molecule has 0 saturated heterocycles. The molecule has 1 saturated carbocycles. The first-order valence-corrected chi connectivity index (χ1v) is 6.45. The topological polar surface area (TPSA) is 20.7 Å². The number of nitrogens with zero attached hydrogens (tertiary/aromatic N) is 1. The van der Waals surface area contributed by atoms with Crippen molar-refractivity contribution in [3.63, 3.8) is 0 Å². The van der Waals surface area contributed by atoms with Gasteiger partial charge in [0.25, 0.3) is 0 Å². The minimum absolute atomic E-state index is 0.712. The molecule has 3 heteroatoms. The molecule has 1 N–H and O–H groups in total. The van der Waals surface area contributed by atoms with Crippen LogP contribution in [-0.2, 0) is 0 Å². The number of nitrogens with one attached hydrogen (secondary N) is 1. The molecule has 88 valence electrons. The Morgan fingerprint density at radius 1 is 1.24 bits per heavy atom. The van der Waals surface area contributed by atoms with Gasteiger partial charge in [0, 0.05) is 11.6 Å². The van der Waals surface area contributed by atoms with Crippen LogP contribution in [0, 0.1) is 18.5 Å². The second-order valence-corrected chi connectivity index (χ2v) is 5.37. The van der Waals surface area contributed by atoms with E-state index in [0.717, 1.165) is 10.3 Å². The SMILES string of the molecule is Cc1ccc(-n2[nH]c(C3CC3)cc2=S)c(C)c1. The lowest BCUT2D eigenvalue weighted by molar-refractivity contribution is 0.824. The summed E-state index contributed by atoms with van der Waals surface area (Å²) in [5, 5.41) is 3.43. The van der Waals surface area contributed by atoms with Crippen LogP contribution in [0.4, 0.5) is 0 Å². The fourth-order valence-electron chi connectivity index (χ4n) is 2.25. The van der Waals surface area contributed by atoms with Crippen molar-refractivity contribution < 1.29 is 0 Å². The van der Waals surface area contributed by atoms with Crippen molar-refractivity contribution in [2.75, 3.05) is 0 Å². The van der Waals surface area contributed by atoms with E-state index in [1.807, 2.05) is 4.68 Å². The third-order valence-electron chi connectivity index (χ3n) is 3.35. The molecule has 1 aliphatic rings. The van der Waals surface area contributed by atoms with Crippen molar-refractivity contribution in [3.05, 3.63) is 45.7 Å². The van der Waals surface area contributed by atoms with Crippen LogP contribution in [0.15, 0.2) is 24.3 Å². The Hall–Kier alpha value is -1.35. The van der Waals surface area contributed by atoms with E-state index < -0.39 is 0 Å². The van der Waals surface area contributed by atoms with Crippen LogP contribution in [0.1, 0.15) is 35.6 Å². The maximum absolute atomic E-state index is 5.43. The highest BCUT2D eigenvalue weighted by Gasteiger charge is 2.25. The zero-order valence-electron chi connectivity index (χ0n) is 10.2. The van der Waals surface area contributed by atoms with Gasteiger partial charge in [-0.05, 0) is 44.4 Å². The van der Waals surface area contributed by atoms with Gasteiger partial charge in [-0.1, -0.05) is 29.9 Å².